The third-order valence-corrected chi connectivity index (χ3v) is 6.20. The molecule has 1 aromatic rings. The van der Waals surface area contributed by atoms with Crippen molar-refractivity contribution in [1.29, 1.82) is 0 Å². The summed E-state index contributed by atoms with van der Waals surface area (Å²) in [4.78, 5) is 4.13. The summed E-state index contributed by atoms with van der Waals surface area (Å²) < 4.78 is 28.0. The van der Waals surface area contributed by atoms with E-state index in [-0.39, 0.29) is 22.8 Å². The van der Waals surface area contributed by atoms with Crippen LogP contribution in [0, 0.1) is 0 Å². The number of rotatable bonds is 3. The van der Waals surface area contributed by atoms with E-state index in [2.05, 4.69) is 26.3 Å². The second-order valence-corrected chi connectivity index (χ2v) is 7.84. The van der Waals surface area contributed by atoms with Crippen molar-refractivity contribution in [2.24, 2.45) is 5.84 Å². The molecule has 0 aromatic carbocycles. The zero-order chi connectivity index (χ0) is 14.9. The van der Waals surface area contributed by atoms with Gasteiger partial charge in [0.05, 0.1) is 0 Å². The van der Waals surface area contributed by atoms with Gasteiger partial charge in [0.15, 0.2) is 5.82 Å². The van der Waals surface area contributed by atoms with Crippen LogP contribution in [0.15, 0.2) is 21.6 Å². The summed E-state index contributed by atoms with van der Waals surface area (Å²) in [5.74, 6) is 5.55. The molecule has 0 amide bonds. The molecular weight excluding hydrogens is 344 g/mol. The fourth-order valence-electron chi connectivity index (χ4n) is 2.71. The van der Waals surface area contributed by atoms with Gasteiger partial charge in [-0.1, -0.05) is 6.42 Å². The Morgan fingerprint density at radius 3 is 2.55 bits per heavy atom. The third-order valence-electron chi connectivity index (χ3n) is 3.62. The molecule has 1 aromatic heterocycles. The Hall–Kier alpha value is -0.700. The Morgan fingerprint density at radius 2 is 2.00 bits per heavy atom. The van der Waals surface area contributed by atoms with Crippen molar-refractivity contribution in [2.75, 3.05) is 5.43 Å². The molecule has 0 aliphatic carbocycles. The van der Waals surface area contributed by atoms with Crippen LogP contribution in [0.4, 0.5) is 5.82 Å². The largest absolute Gasteiger partial charge is 0.307 e. The molecule has 20 heavy (non-hydrogen) atoms. The molecular formula is C12H19BrN4O2S. The maximum Gasteiger partial charge on any atom is 0.247 e. The number of nitrogens with two attached hydrogens (primary N) is 1. The second kappa shape index (κ2) is 5.97. The van der Waals surface area contributed by atoms with Crippen molar-refractivity contribution in [2.45, 2.75) is 50.1 Å². The van der Waals surface area contributed by atoms with Gasteiger partial charge in [0.25, 0.3) is 0 Å². The summed E-state index contributed by atoms with van der Waals surface area (Å²) in [6.45, 7) is 3.88. The number of hydrogen-bond donors (Lipinski definition) is 2. The van der Waals surface area contributed by atoms with Crippen LogP contribution >= 0.6 is 15.9 Å². The zero-order valence-corrected chi connectivity index (χ0v) is 13.9. The minimum atomic E-state index is -3.63. The summed E-state index contributed by atoms with van der Waals surface area (Å²) in [6.07, 6.45) is 4.30. The van der Waals surface area contributed by atoms with Crippen molar-refractivity contribution >= 4 is 31.8 Å². The van der Waals surface area contributed by atoms with Crippen LogP contribution < -0.4 is 11.3 Å². The quantitative estimate of drug-likeness (QED) is 0.634. The van der Waals surface area contributed by atoms with Gasteiger partial charge in [-0.3, -0.25) is 0 Å². The van der Waals surface area contributed by atoms with Gasteiger partial charge in [-0.25, -0.2) is 19.2 Å². The van der Waals surface area contributed by atoms with Gasteiger partial charge in [-0.15, -0.1) is 0 Å². The number of nitrogens with zero attached hydrogens (tertiary/aromatic N) is 2. The Kier molecular flexibility index (Phi) is 4.68. The van der Waals surface area contributed by atoms with E-state index >= 15 is 0 Å². The predicted molar refractivity (Wildman–Crippen MR) is 81.5 cm³/mol. The van der Waals surface area contributed by atoms with E-state index in [1.54, 1.807) is 4.31 Å². The third kappa shape index (κ3) is 2.83. The van der Waals surface area contributed by atoms with Crippen molar-refractivity contribution < 1.29 is 8.42 Å². The second-order valence-electron chi connectivity index (χ2n) is 5.11. The Labute approximate surface area is 127 Å². The average Bonchev–Trinajstić information content (AvgIpc) is 2.38. The van der Waals surface area contributed by atoms with Crippen LogP contribution in [0.2, 0.25) is 0 Å². The Morgan fingerprint density at radius 1 is 1.40 bits per heavy atom. The lowest BCUT2D eigenvalue weighted by Gasteiger charge is -2.37. The van der Waals surface area contributed by atoms with E-state index in [1.807, 2.05) is 13.8 Å². The van der Waals surface area contributed by atoms with Gasteiger partial charge in [0, 0.05) is 22.8 Å². The first-order valence-corrected chi connectivity index (χ1v) is 8.77. The molecule has 1 aliphatic rings. The van der Waals surface area contributed by atoms with Crippen molar-refractivity contribution in [3.05, 3.63) is 16.7 Å². The molecule has 1 aliphatic heterocycles. The van der Waals surface area contributed by atoms with Crippen molar-refractivity contribution in [3.63, 3.8) is 0 Å². The summed E-state index contributed by atoms with van der Waals surface area (Å²) in [7, 11) is -3.63. The predicted octanol–water partition coefficient (Wildman–Crippen LogP) is 2.08. The molecule has 1 saturated heterocycles. The van der Waals surface area contributed by atoms with Gasteiger partial charge in [0.2, 0.25) is 10.0 Å². The molecule has 2 rings (SSSR count). The zero-order valence-electron chi connectivity index (χ0n) is 11.5. The SMILES string of the molecule is C[C@@H]1CCC[C@H](C)N1S(=O)(=O)c1cc(Br)cnc1NN. The fourth-order valence-corrected chi connectivity index (χ4v) is 5.21. The maximum atomic E-state index is 12.9. The molecule has 2 heterocycles. The summed E-state index contributed by atoms with van der Waals surface area (Å²) in [6, 6.07) is 1.49. The molecule has 3 N–H and O–H groups in total. The summed E-state index contributed by atoms with van der Waals surface area (Å²) in [5.41, 5.74) is 2.36. The summed E-state index contributed by atoms with van der Waals surface area (Å²) >= 11 is 3.26. The number of nitrogens with one attached hydrogen (secondary N) is 1. The fraction of sp³-hybridized carbons (Fsp3) is 0.583. The normalized spacial score (nSPS) is 24.6. The minimum Gasteiger partial charge on any atom is -0.307 e. The highest BCUT2D eigenvalue weighted by atomic mass is 79.9. The smallest absolute Gasteiger partial charge is 0.247 e. The number of pyridine rings is 1. The van der Waals surface area contributed by atoms with Crippen LogP contribution in [-0.2, 0) is 10.0 Å². The molecule has 0 saturated carbocycles. The molecule has 8 heteroatoms. The number of anilines is 1. The van der Waals surface area contributed by atoms with E-state index in [4.69, 9.17) is 5.84 Å². The van der Waals surface area contributed by atoms with E-state index in [0.29, 0.717) is 4.47 Å². The van der Waals surface area contributed by atoms with Crippen LogP contribution in [0.3, 0.4) is 0 Å². The molecule has 1 fully saturated rings. The number of halogens is 1. The Balaban J connectivity index is 2.51. The van der Waals surface area contributed by atoms with Gasteiger partial charge < -0.3 is 5.43 Å². The number of sulfonamides is 1. The molecule has 0 radical (unpaired) electrons. The Bertz CT molecular complexity index is 583. The number of hydrazine groups is 1. The van der Waals surface area contributed by atoms with Crippen LogP contribution in [0.25, 0.3) is 0 Å². The van der Waals surface area contributed by atoms with Gasteiger partial charge in [0.1, 0.15) is 4.90 Å². The first kappa shape index (κ1) is 15.7. The highest BCUT2D eigenvalue weighted by molar-refractivity contribution is 9.10. The molecule has 0 bridgehead atoms. The maximum absolute atomic E-state index is 12.9. The van der Waals surface area contributed by atoms with Gasteiger partial charge >= 0.3 is 0 Å². The van der Waals surface area contributed by atoms with Gasteiger partial charge in [-0.05, 0) is 48.7 Å². The first-order valence-electron chi connectivity index (χ1n) is 6.53. The number of hydrogen-bond acceptors (Lipinski definition) is 5. The average molecular weight is 363 g/mol. The highest BCUT2D eigenvalue weighted by Gasteiger charge is 2.37. The standard InChI is InChI=1S/C12H19BrN4O2S/c1-8-4-3-5-9(2)17(8)20(18,19)11-6-10(13)7-15-12(11)16-14/h6-9H,3-5,14H2,1-2H3,(H,15,16)/t8-,9+. The van der Waals surface area contributed by atoms with Crippen molar-refractivity contribution in [1.82, 2.24) is 9.29 Å². The minimum absolute atomic E-state index is 0.0200. The molecule has 0 spiro atoms. The lowest BCUT2D eigenvalue weighted by Crippen LogP contribution is -2.47. The van der Waals surface area contributed by atoms with Crippen LogP contribution in [0.1, 0.15) is 33.1 Å². The van der Waals surface area contributed by atoms with Crippen molar-refractivity contribution in [3.8, 4) is 0 Å². The van der Waals surface area contributed by atoms with Gasteiger partial charge in [-0.2, -0.15) is 4.31 Å². The summed E-state index contributed by atoms with van der Waals surface area (Å²) in [5, 5.41) is 0. The van der Waals surface area contributed by atoms with E-state index in [1.165, 1.54) is 12.3 Å². The van der Waals surface area contributed by atoms with E-state index in [9.17, 15) is 8.42 Å². The molecule has 112 valence electrons. The van der Waals surface area contributed by atoms with Crippen LogP contribution in [0.5, 0.6) is 0 Å². The highest BCUT2D eigenvalue weighted by Crippen LogP contribution is 2.32. The molecule has 0 unspecified atom stereocenters. The topological polar surface area (TPSA) is 88.3 Å². The lowest BCUT2D eigenvalue weighted by molar-refractivity contribution is 0.204. The number of nitrogen functional groups attached to an aromatic ring is 1. The molecule has 2 atom stereocenters. The lowest BCUT2D eigenvalue weighted by atomic mass is 10.0. The van der Waals surface area contributed by atoms with E-state index in [0.717, 1.165) is 19.3 Å². The number of aromatic nitrogens is 1. The molecule has 6 nitrogen and oxygen atoms in total. The van der Waals surface area contributed by atoms with E-state index < -0.39 is 10.0 Å². The monoisotopic (exact) mass is 362 g/mol. The first-order chi connectivity index (χ1) is 9.37. The number of piperidine rings is 1. The van der Waals surface area contributed by atoms with Crippen LogP contribution in [-0.4, -0.2) is 29.8 Å².